The zero-order valence-corrected chi connectivity index (χ0v) is 12.2. The Bertz CT molecular complexity index is 576. The Labute approximate surface area is 115 Å². The summed E-state index contributed by atoms with van der Waals surface area (Å²) in [7, 11) is 1.90. The number of nitrogens with zero attached hydrogens (tertiary/aromatic N) is 3. The highest BCUT2D eigenvalue weighted by atomic mass is 79.9. The van der Waals surface area contributed by atoms with Crippen molar-refractivity contribution in [1.29, 1.82) is 0 Å². The molecule has 0 spiro atoms. The van der Waals surface area contributed by atoms with E-state index in [1.807, 2.05) is 20.2 Å². The first-order chi connectivity index (χ1) is 8.52. The summed E-state index contributed by atoms with van der Waals surface area (Å²) in [5, 5.41) is 7.67. The number of aromatic nitrogens is 3. The smallest absolute Gasteiger partial charge is 0.145 e. The molecule has 0 amide bonds. The van der Waals surface area contributed by atoms with Crippen LogP contribution in [0.1, 0.15) is 18.2 Å². The molecule has 3 N–H and O–H groups in total. The second kappa shape index (κ2) is 4.97. The van der Waals surface area contributed by atoms with Crippen LogP contribution in [0, 0.1) is 6.92 Å². The summed E-state index contributed by atoms with van der Waals surface area (Å²) in [6.07, 6.45) is 4.47. The molecule has 6 heteroatoms. The summed E-state index contributed by atoms with van der Waals surface area (Å²) in [6.45, 7) is 4.03. The molecular weight excluding hydrogens is 294 g/mol. The minimum absolute atomic E-state index is 0.675. The number of hydrogen-bond donors (Lipinski definition) is 2. The summed E-state index contributed by atoms with van der Waals surface area (Å²) in [4.78, 5) is 4.30. The minimum atomic E-state index is 0.675. The van der Waals surface area contributed by atoms with Gasteiger partial charge in [0, 0.05) is 13.2 Å². The number of aryl methyl sites for hydroxylation is 2. The Hall–Kier alpha value is -1.56. The minimum Gasteiger partial charge on any atom is -0.397 e. The van der Waals surface area contributed by atoms with Gasteiger partial charge in [0.05, 0.1) is 27.7 Å². The first-order valence-electron chi connectivity index (χ1n) is 5.73. The molecule has 0 atom stereocenters. The number of pyridine rings is 1. The van der Waals surface area contributed by atoms with E-state index in [9.17, 15) is 0 Å². The van der Waals surface area contributed by atoms with Gasteiger partial charge in [0.2, 0.25) is 0 Å². The van der Waals surface area contributed by atoms with Crippen LogP contribution in [0.5, 0.6) is 0 Å². The second-order valence-corrected chi connectivity index (χ2v) is 4.94. The molecule has 5 nitrogen and oxygen atoms in total. The molecule has 2 aromatic heterocycles. The third-order valence-electron chi connectivity index (χ3n) is 2.80. The molecule has 0 aliphatic heterocycles. The van der Waals surface area contributed by atoms with Crippen molar-refractivity contribution < 1.29 is 0 Å². The van der Waals surface area contributed by atoms with Gasteiger partial charge in [-0.1, -0.05) is 6.92 Å². The Kier molecular flexibility index (Phi) is 3.56. The SMILES string of the molecule is CCc1nn(C)cc1Nc1ncc(N)c(C)c1Br. The average molecular weight is 310 g/mol. The number of hydrogen-bond acceptors (Lipinski definition) is 4. The van der Waals surface area contributed by atoms with Crippen LogP contribution < -0.4 is 11.1 Å². The number of rotatable bonds is 3. The van der Waals surface area contributed by atoms with Gasteiger partial charge in [-0.3, -0.25) is 4.68 Å². The zero-order chi connectivity index (χ0) is 13.3. The predicted molar refractivity (Wildman–Crippen MR) is 77.0 cm³/mol. The fourth-order valence-electron chi connectivity index (χ4n) is 1.71. The van der Waals surface area contributed by atoms with E-state index in [0.29, 0.717) is 5.69 Å². The van der Waals surface area contributed by atoms with Crippen LogP contribution in [0.25, 0.3) is 0 Å². The summed E-state index contributed by atoms with van der Waals surface area (Å²) in [5.74, 6) is 0.754. The topological polar surface area (TPSA) is 68.8 Å². The Balaban J connectivity index is 2.37. The first kappa shape index (κ1) is 12.9. The summed E-state index contributed by atoms with van der Waals surface area (Å²) < 4.78 is 2.67. The van der Waals surface area contributed by atoms with Crippen molar-refractivity contribution in [2.75, 3.05) is 11.1 Å². The standard InChI is InChI=1S/C12H16BrN5/c1-4-9-10(6-18(3)17-9)16-12-11(13)7(2)8(14)5-15-12/h5-6H,4,14H2,1-3H3,(H,15,16). The molecule has 0 bridgehead atoms. The third kappa shape index (κ3) is 2.33. The van der Waals surface area contributed by atoms with Crippen LogP contribution in [-0.2, 0) is 13.5 Å². The number of halogens is 1. The molecule has 0 aliphatic rings. The number of nitrogen functional groups attached to an aromatic ring is 1. The molecule has 0 saturated carbocycles. The summed E-state index contributed by atoms with van der Waals surface area (Å²) in [5.41, 5.74) is 9.45. The third-order valence-corrected chi connectivity index (χ3v) is 3.77. The highest BCUT2D eigenvalue weighted by Gasteiger charge is 2.11. The molecular formula is C12H16BrN5. The molecule has 0 unspecified atom stereocenters. The van der Waals surface area contributed by atoms with Gasteiger partial charge < -0.3 is 11.1 Å². The summed E-state index contributed by atoms with van der Waals surface area (Å²) >= 11 is 3.51. The normalized spacial score (nSPS) is 10.7. The highest BCUT2D eigenvalue weighted by molar-refractivity contribution is 9.10. The van der Waals surface area contributed by atoms with Crippen molar-refractivity contribution in [2.24, 2.45) is 7.05 Å². The Morgan fingerprint density at radius 1 is 1.50 bits per heavy atom. The quantitative estimate of drug-likeness (QED) is 0.914. The van der Waals surface area contributed by atoms with Crippen LogP contribution >= 0.6 is 15.9 Å². The van der Waals surface area contributed by atoms with E-state index in [2.05, 4.69) is 38.3 Å². The molecule has 0 fully saturated rings. The first-order valence-corrected chi connectivity index (χ1v) is 6.52. The molecule has 96 valence electrons. The average Bonchev–Trinajstić information content (AvgIpc) is 2.70. The number of nitrogens with two attached hydrogens (primary N) is 1. The van der Waals surface area contributed by atoms with Gasteiger partial charge in [-0.05, 0) is 34.8 Å². The highest BCUT2D eigenvalue weighted by Crippen LogP contribution is 2.30. The van der Waals surface area contributed by atoms with Crippen molar-refractivity contribution in [1.82, 2.24) is 14.8 Å². The van der Waals surface area contributed by atoms with E-state index in [1.54, 1.807) is 10.9 Å². The van der Waals surface area contributed by atoms with Crippen LogP contribution in [0.4, 0.5) is 17.2 Å². The van der Waals surface area contributed by atoms with Gasteiger partial charge >= 0.3 is 0 Å². The maximum absolute atomic E-state index is 5.81. The molecule has 0 saturated heterocycles. The van der Waals surface area contributed by atoms with E-state index < -0.39 is 0 Å². The van der Waals surface area contributed by atoms with Crippen molar-refractivity contribution >= 4 is 33.1 Å². The molecule has 18 heavy (non-hydrogen) atoms. The maximum Gasteiger partial charge on any atom is 0.145 e. The Morgan fingerprint density at radius 2 is 2.22 bits per heavy atom. The number of anilines is 3. The summed E-state index contributed by atoms with van der Waals surface area (Å²) in [6, 6.07) is 0. The lowest BCUT2D eigenvalue weighted by atomic mass is 10.2. The molecule has 2 heterocycles. The second-order valence-electron chi connectivity index (χ2n) is 4.14. The van der Waals surface area contributed by atoms with Gasteiger partial charge in [0.25, 0.3) is 0 Å². The van der Waals surface area contributed by atoms with E-state index >= 15 is 0 Å². The van der Waals surface area contributed by atoms with Gasteiger partial charge in [-0.25, -0.2) is 4.98 Å². The van der Waals surface area contributed by atoms with E-state index in [1.165, 1.54) is 0 Å². The van der Waals surface area contributed by atoms with Gasteiger partial charge in [-0.15, -0.1) is 0 Å². The number of nitrogens with one attached hydrogen (secondary N) is 1. The maximum atomic E-state index is 5.81. The lowest BCUT2D eigenvalue weighted by molar-refractivity contribution is 0.746. The molecule has 0 radical (unpaired) electrons. The van der Waals surface area contributed by atoms with Gasteiger partial charge in [0.1, 0.15) is 5.82 Å². The lowest BCUT2D eigenvalue weighted by Gasteiger charge is -2.10. The van der Waals surface area contributed by atoms with Crippen LogP contribution in [0.2, 0.25) is 0 Å². The molecule has 2 rings (SSSR count). The zero-order valence-electron chi connectivity index (χ0n) is 10.7. The lowest BCUT2D eigenvalue weighted by Crippen LogP contribution is -2.00. The van der Waals surface area contributed by atoms with Gasteiger partial charge in [-0.2, -0.15) is 5.10 Å². The predicted octanol–water partition coefficient (Wildman–Crippen LogP) is 2.77. The van der Waals surface area contributed by atoms with Crippen molar-refractivity contribution in [3.05, 3.63) is 28.1 Å². The van der Waals surface area contributed by atoms with Gasteiger partial charge in [0.15, 0.2) is 0 Å². The van der Waals surface area contributed by atoms with E-state index in [4.69, 9.17) is 5.73 Å². The van der Waals surface area contributed by atoms with Crippen LogP contribution in [0.15, 0.2) is 16.9 Å². The monoisotopic (exact) mass is 309 g/mol. The molecule has 2 aromatic rings. The van der Waals surface area contributed by atoms with E-state index in [-0.39, 0.29) is 0 Å². The fraction of sp³-hybridized carbons (Fsp3) is 0.333. The van der Waals surface area contributed by atoms with Crippen LogP contribution in [-0.4, -0.2) is 14.8 Å². The molecule has 0 aliphatic carbocycles. The largest absolute Gasteiger partial charge is 0.397 e. The molecule has 0 aromatic carbocycles. The fourth-order valence-corrected chi connectivity index (χ4v) is 2.14. The van der Waals surface area contributed by atoms with Crippen molar-refractivity contribution in [3.8, 4) is 0 Å². The van der Waals surface area contributed by atoms with E-state index in [0.717, 1.165) is 33.7 Å². The Morgan fingerprint density at radius 3 is 2.89 bits per heavy atom. The van der Waals surface area contributed by atoms with Crippen molar-refractivity contribution in [3.63, 3.8) is 0 Å². The van der Waals surface area contributed by atoms with Crippen molar-refractivity contribution in [2.45, 2.75) is 20.3 Å². The van der Waals surface area contributed by atoms with Crippen LogP contribution in [0.3, 0.4) is 0 Å².